The van der Waals surface area contributed by atoms with E-state index in [-0.39, 0.29) is 5.91 Å². The predicted octanol–water partition coefficient (Wildman–Crippen LogP) is 2.36. The summed E-state index contributed by atoms with van der Waals surface area (Å²) in [5, 5.41) is 0. The van der Waals surface area contributed by atoms with Crippen molar-refractivity contribution in [2.45, 2.75) is 20.8 Å². The second-order valence-corrected chi connectivity index (χ2v) is 6.10. The molecule has 1 saturated heterocycles. The molecule has 1 aromatic carbocycles. The van der Waals surface area contributed by atoms with Gasteiger partial charge in [0.05, 0.1) is 0 Å². The highest BCUT2D eigenvalue weighted by Gasteiger charge is 2.23. The Morgan fingerprint density at radius 2 is 1.70 bits per heavy atom. The van der Waals surface area contributed by atoms with Crippen molar-refractivity contribution in [1.82, 2.24) is 14.9 Å². The number of nitrogens with zero attached hydrogens (tertiary/aromatic N) is 4. The van der Waals surface area contributed by atoms with Crippen molar-refractivity contribution in [3.8, 4) is 0 Å². The summed E-state index contributed by atoms with van der Waals surface area (Å²) in [4.78, 5) is 25.2. The van der Waals surface area contributed by atoms with Gasteiger partial charge in [0.15, 0.2) is 0 Å². The lowest BCUT2D eigenvalue weighted by atomic mass is 10.1. The summed E-state index contributed by atoms with van der Waals surface area (Å²) in [7, 11) is 0. The number of amides is 1. The molecule has 1 aliphatic rings. The number of hydrogen-bond donors (Lipinski definition) is 0. The van der Waals surface area contributed by atoms with Gasteiger partial charge >= 0.3 is 0 Å². The first kappa shape index (κ1) is 15.5. The molecule has 0 radical (unpaired) electrons. The summed E-state index contributed by atoms with van der Waals surface area (Å²) in [6.45, 7) is 9.10. The molecule has 2 heterocycles. The molecule has 1 aromatic heterocycles. The van der Waals surface area contributed by atoms with Gasteiger partial charge in [-0.3, -0.25) is 4.79 Å². The number of piperazine rings is 1. The largest absolute Gasteiger partial charge is 0.353 e. The lowest BCUT2D eigenvalue weighted by Gasteiger charge is -2.35. The first-order valence-electron chi connectivity index (χ1n) is 7.95. The first-order chi connectivity index (χ1) is 11.0. The van der Waals surface area contributed by atoms with Gasteiger partial charge in [-0.1, -0.05) is 6.07 Å². The van der Waals surface area contributed by atoms with Gasteiger partial charge in [0.25, 0.3) is 5.91 Å². The fraction of sp³-hybridized carbons (Fsp3) is 0.389. The second kappa shape index (κ2) is 6.36. The molecule has 0 aliphatic carbocycles. The topological polar surface area (TPSA) is 49.3 Å². The average Bonchev–Trinajstić information content (AvgIpc) is 2.57. The van der Waals surface area contributed by atoms with Crippen molar-refractivity contribution >= 4 is 11.7 Å². The Morgan fingerprint density at radius 3 is 2.35 bits per heavy atom. The van der Waals surface area contributed by atoms with E-state index < -0.39 is 0 Å². The third-order valence-electron chi connectivity index (χ3n) is 4.43. The van der Waals surface area contributed by atoms with E-state index in [0.29, 0.717) is 0 Å². The molecular weight excluding hydrogens is 288 g/mol. The summed E-state index contributed by atoms with van der Waals surface area (Å²) in [5.41, 5.74) is 4.11. The van der Waals surface area contributed by atoms with Crippen molar-refractivity contribution in [3.63, 3.8) is 0 Å². The van der Waals surface area contributed by atoms with Crippen molar-refractivity contribution in [2.24, 2.45) is 0 Å². The Labute approximate surface area is 137 Å². The van der Waals surface area contributed by atoms with E-state index in [4.69, 9.17) is 0 Å². The van der Waals surface area contributed by atoms with E-state index in [1.54, 1.807) is 6.33 Å². The molecule has 1 aliphatic heterocycles. The number of rotatable bonds is 2. The molecule has 0 spiro atoms. The summed E-state index contributed by atoms with van der Waals surface area (Å²) >= 11 is 0. The monoisotopic (exact) mass is 310 g/mol. The number of carbonyl (C=O) groups is 1. The predicted molar refractivity (Wildman–Crippen MR) is 90.8 cm³/mol. The minimum Gasteiger partial charge on any atom is -0.353 e. The van der Waals surface area contributed by atoms with Crippen LogP contribution in [0.25, 0.3) is 0 Å². The van der Waals surface area contributed by atoms with Crippen LogP contribution in [0.15, 0.2) is 30.6 Å². The first-order valence-corrected chi connectivity index (χ1v) is 7.95. The van der Waals surface area contributed by atoms with Gasteiger partial charge in [0.2, 0.25) is 0 Å². The van der Waals surface area contributed by atoms with Crippen LogP contribution < -0.4 is 4.90 Å². The molecular formula is C18H22N4O. The van der Waals surface area contributed by atoms with E-state index in [9.17, 15) is 4.79 Å². The van der Waals surface area contributed by atoms with Crippen molar-refractivity contribution < 1.29 is 4.79 Å². The smallest absolute Gasteiger partial charge is 0.253 e. The SMILES string of the molecule is Cc1cc(N2CCN(C(=O)c3ccc(C)c(C)c3)CC2)ncn1. The fourth-order valence-corrected chi connectivity index (χ4v) is 2.81. The summed E-state index contributed by atoms with van der Waals surface area (Å²) < 4.78 is 0. The number of benzene rings is 1. The average molecular weight is 310 g/mol. The Bertz CT molecular complexity index is 721. The van der Waals surface area contributed by atoms with Crippen LogP contribution >= 0.6 is 0 Å². The molecule has 0 atom stereocenters. The van der Waals surface area contributed by atoms with Crippen LogP contribution in [-0.4, -0.2) is 47.0 Å². The number of carbonyl (C=O) groups excluding carboxylic acids is 1. The fourth-order valence-electron chi connectivity index (χ4n) is 2.81. The molecule has 0 saturated carbocycles. The highest BCUT2D eigenvalue weighted by molar-refractivity contribution is 5.94. The van der Waals surface area contributed by atoms with Crippen LogP contribution in [0.5, 0.6) is 0 Å². The van der Waals surface area contributed by atoms with Gasteiger partial charge in [-0.15, -0.1) is 0 Å². The van der Waals surface area contributed by atoms with Crippen LogP contribution in [-0.2, 0) is 0 Å². The molecule has 5 heteroatoms. The number of aromatic nitrogens is 2. The summed E-state index contributed by atoms with van der Waals surface area (Å²) in [6.07, 6.45) is 1.59. The molecule has 23 heavy (non-hydrogen) atoms. The van der Waals surface area contributed by atoms with E-state index in [0.717, 1.165) is 48.8 Å². The maximum absolute atomic E-state index is 12.6. The minimum atomic E-state index is 0.117. The third-order valence-corrected chi connectivity index (χ3v) is 4.43. The van der Waals surface area contributed by atoms with Crippen LogP contribution in [0.3, 0.4) is 0 Å². The number of anilines is 1. The van der Waals surface area contributed by atoms with Gasteiger partial charge in [-0.05, 0) is 44.0 Å². The zero-order valence-corrected chi connectivity index (χ0v) is 13.9. The number of hydrogen-bond acceptors (Lipinski definition) is 4. The number of aryl methyl sites for hydroxylation is 3. The van der Waals surface area contributed by atoms with E-state index in [1.807, 2.05) is 43.0 Å². The zero-order chi connectivity index (χ0) is 16.4. The van der Waals surface area contributed by atoms with Gasteiger partial charge in [-0.25, -0.2) is 9.97 Å². The second-order valence-electron chi connectivity index (χ2n) is 6.10. The summed E-state index contributed by atoms with van der Waals surface area (Å²) in [6, 6.07) is 7.91. The standard InChI is InChI=1S/C18H22N4O/c1-13-4-5-16(10-14(13)2)18(23)22-8-6-21(7-9-22)17-11-15(3)19-12-20-17/h4-5,10-12H,6-9H2,1-3H3. The molecule has 0 N–H and O–H groups in total. The maximum Gasteiger partial charge on any atom is 0.253 e. The van der Waals surface area contributed by atoms with E-state index >= 15 is 0 Å². The van der Waals surface area contributed by atoms with Gasteiger partial charge < -0.3 is 9.80 Å². The molecule has 0 unspecified atom stereocenters. The Hall–Kier alpha value is -2.43. The molecule has 2 aromatic rings. The Balaban J connectivity index is 1.66. The lowest BCUT2D eigenvalue weighted by molar-refractivity contribution is 0.0746. The Kier molecular flexibility index (Phi) is 4.28. The molecule has 120 valence electrons. The van der Waals surface area contributed by atoms with Crippen molar-refractivity contribution in [2.75, 3.05) is 31.1 Å². The van der Waals surface area contributed by atoms with Crippen LogP contribution in [0.1, 0.15) is 27.2 Å². The van der Waals surface area contributed by atoms with Crippen molar-refractivity contribution in [3.05, 3.63) is 53.0 Å². The van der Waals surface area contributed by atoms with Gasteiger partial charge in [0.1, 0.15) is 12.1 Å². The highest BCUT2D eigenvalue weighted by Crippen LogP contribution is 2.16. The molecule has 3 rings (SSSR count). The van der Waals surface area contributed by atoms with Crippen LogP contribution in [0, 0.1) is 20.8 Å². The molecule has 0 bridgehead atoms. The van der Waals surface area contributed by atoms with Crippen molar-refractivity contribution in [1.29, 1.82) is 0 Å². The Morgan fingerprint density at radius 1 is 0.957 bits per heavy atom. The van der Waals surface area contributed by atoms with Gasteiger partial charge in [-0.2, -0.15) is 0 Å². The molecule has 1 fully saturated rings. The van der Waals surface area contributed by atoms with Crippen LogP contribution in [0.4, 0.5) is 5.82 Å². The normalized spacial score (nSPS) is 14.9. The zero-order valence-electron chi connectivity index (χ0n) is 13.9. The summed E-state index contributed by atoms with van der Waals surface area (Å²) in [5.74, 6) is 1.06. The van der Waals surface area contributed by atoms with E-state index in [1.165, 1.54) is 5.56 Å². The van der Waals surface area contributed by atoms with Gasteiger partial charge in [0, 0.05) is 43.5 Å². The lowest BCUT2D eigenvalue weighted by Crippen LogP contribution is -2.49. The maximum atomic E-state index is 12.6. The quantitative estimate of drug-likeness (QED) is 0.854. The molecule has 1 amide bonds. The van der Waals surface area contributed by atoms with E-state index in [2.05, 4.69) is 21.8 Å². The highest BCUT2D eigenvalue weighted by atomic mass is 16.2. The van der Waals surface area contributed by atoms with Crippen LogP contribution in [0.2, 0.25) is 0 Å². The minimum absolute atomic E-state index is 0.117. The molecule has 5 nitrogen and oxygen atoms in total. The third kappa shape index (κ3) is 3.33.